The fourth-order valence-corrected chi connectivity index (χ4v) is 2.78. The van der Waals surface area contributed by atoms with Gasteiger partial charge in [0.05, 0.1) is 0 Å². The molecule has 132 valence electrons. The minimum atomic E-state index is -0.437. The molecule has 1 heterocycles. The molecule has 4 heteroatoms. The maximum Gasteiger partial charge on any atom is 0.328 e. The fourth-order valence-electron chi connectivity index (χ4n) is 2.78. The van der Waals surface area contributed by atoms with Gasteiger partial charge < -0.3 is 10.1 Å². The molecular weight excluding hydrogens is 290 g/mol. The van der Waals surface area contributed by atoms with Crippen molar-refractivity contribution < 1.29 is 14.3 Å². The highest BCUT2D eigenvalue weighted by atomic mass is 16.5. The number of esters is 1. The van der Waals surface area contributed by atoms with Crippen molar-refractivity contribution in [3.8, 4) is 0 Å². The summed E-state index contributed by atoms with van der Waals surface area (Å²) in [5.41, 5.74) is 0. The molecule has 1 atom stereocenters. The van der Waals surface area contributed by atoms with Crippen LogP contribution in [0.25, 0.3) is 0 Å². The summed E-state index contributed by atoms with van der Waals surface area (Å²) in [6, 6.07) is -0.437. The number of hydrogen-bond donors (Lipinski definition) is 1. The zero-order valence-corrected chi connectivity index (χ0v) is 14.6. The van der Waals surface area contributed by atoms with Gasteiger partial charge >= 0.3 is 5.97 Å². The quantitative estimate of drug-likeness (QED) is 0.312. The lowest BCUT2D eigenvalue weighted by atomic mass is 10.1. The Hall–Kier alpha value is -1.32. The number of ether oxygens (including phenoxy) is 1. The van der Waals surface area contributed by atoms with E-state index in [0.29, 0.717) is 19.4 Å². The molecule has 0 aromatic carbocycles. The second kappa shape index (κ2) is 13.1. The van der Waals surface area contributed by atoms with Gasteiger partial charge in [-0.1, -0.05) is 70.4 Å². The standard InChI is InChI=1S/C19H33NO3/c1-2-3-4-5-6-7-8-9-10-11-12-13-16-23-19(22)17-14-15-18(21)20-17/h12-13,17H,2-11,14-16H2,1H3,(H,20,21)/b13-12+/t17-/m0/s1. The molecule has 0 aliphatic carbocycles. The van der Waals surface area contributed by atoms with Crippen LogP contribution in [0.3, 0.4) is 0 Å². The van der Waals surface area contributed by atoms with Crippen LogP contribution in [0.5, 0.6) is 0 Å². The number of carbonyl (C=O) groups excluding carboxylic acids is 2. The molecule has 0 unspecified atom stereocenters. The smallest absolute Gasteiger partial charge is 0.328 e. The highest BCUT2D eigenvalue weighted by Crippen LogP contribution is 2.11. The minimum absolute atomic E-state index is 0.0622. The van der Waals surface area contributed by atoms with Crippen molar-refractivity contribution in [2.75, 3.05) is 6.61 Å². The Bertz CT molecular complexity index is 366. The van der Waals surface area contributed by atoms with Gasteiger partial charge in [-0.2, -0.15) is 0 Å². The van der Waals surface area contributed by atoms with E-state index in [0.717, 1.165) is 6.42 Å². The van der Waals surface area contributed by atoms with E-state index in [2.05, 4.69) is 18.3 Å². The van der Waals surface area contributed by atoms with Crippen molar-refractivity contribution in [3.63, 3.8) is 0 Å². The Balaban J connectivity index is 1.85. The molecule has 1 rings (SSSR count). The molecule has 1 amide bonds. The van der Waals surface area contributed by atoms with Crippen LogP contribution in [-0.2, 0) is 14.3 Å². The maximum atomic E-state index is 11.6. The van der Waals surface area contributed by atoms with E-state index in [4.69, 9.17) is 4.74 Å². The number of nitrogens with one attached hydrogen (secondary N) is 1. The SMILES string of the molecule is CCCCCCCCCCC/C=C/COC(=O)[C@@H]1CCC(=O)N1. The first-order valence-electron chi connectivity index (χ1n) is 9.35. The Morgan fingerprint density at radius 2 is 1.74 bits per heavy atom. The third-order valence-electron chi connectivity index (χ3n) is 4.24. The van der Waals surface area contributed by atoms with E-state index in [1.807, 2.05) is 6.08 Å². The van der Waals surface area contributed by atoms with Crippen LogP contribution in [-0.4, -0.2) is 24.5 Å². The largest absolute Gasteiger partial charge is 0.460 e. The summed E-state index contributed by atoms with van der Waals surface area (Å²) in [7, 11) is 0. The molecule has 1 aliphatic heterocycles. The lowest BCUT2D eigenvalue weighted by molar-refractivity contribution is -0.145. The topological polar surface area (TPSA) is 55.4 Å². The van der Waals surface area contributed by atoms with Crippen molar-refractivity contribution in [3.05, 3.63) is 12.2 Å². The Morgan fingerprint density at radius 1 is 1.09 bits per heavy atom. The number of amides is 1. The number of carbonyl (C=O) groups is 2. The predicted octanol–water partition coefficient (Wildman–Crippen LogP) is 4.29. The normalized spacial score (nSPS) is 17.6. The molecule has 0 bridgehead atoms. The average Bonchev–Trinajstić information content (AvgIpc) is 2.98. The molecule has 4 nitrogen and oxygen atoms in total. The van der Waals surface area contributed by atoms with E-state index in [9.17, 15) is 9.59 Å². The van der Waals surface area contributed by atoms with E-state index < -0.39 is 6.04 Å². The molecule has 0 aromatic heterocycles. The van der Waals surface area contributed by atoms with Crippen LogP contribution in [0.1, 0.15) is 84.0 Å². The number of unbranched alkanes of at least 4 members (excludes halogenated alkanes) is 9. The van der Waals surface area contributed by atoms with Crippen LogP contribution in [0.2, 0.25) is 0 Å². The molecule has 1 saturated heterocycles. The van der Waals surface area contributed by atoms with Crippen LogP contribution in [0.15, 0.2) is 12.2 Å². The Kier molecular flexibility index (Phi) is 11.3. The molecule has 23 heavy (non-hydrogen) atoms. The lowest BCUT2D eigenvalue weighted by Crippen LogP contribution is -2.34. The van der Waals surface area contributed by atoms with Crippen molar-refractivity contribution in [1.82, 2.24) is 5.32 Å². The van der Waals surface area contributed by atoms with E-state index in [1.54, 1.807) is 0 Å². The zero-order valence-electron chi connectivity index (χ0n) is 14.6. The van der Waals surface area contributed by atoms with Crippen molar-refractivity contribution in [2.45, 2.75) is 90.0 Å². The summed E-state index contributed by atoms with van der Waals surface area (Å²) in [5.74, 6) is -0.378. The first-order valence-corrected chi connectivity index (χ1v) is 9.35. The summed E-state index contributed by atoms with van der Waals surface area (Å²) in [6.07, 6.45) is 18.0. The number of rotatable bonds is 13. The van der Waals surface area contributed by atoms with Crippen LogP contribution in [0, 0.1) is 0 Å². The van der Waals surface area contributed by atoms with Crippen LogP contribution in [0.4, 0.5) is 0 Å². The van der Waals surface area contributed by atoms with E-state index >= 15 is 0 Å². The monoisotopic (exact) mass is 323 g/mol. The van der Waals surface area contributed by atoms with Gasteiger partial charge in [0.2, 0.25) is 5.91 Å². The fraction of sp³-hybridized carbons (Fsp3) is 0.789. The molecule has 1 fully saturated rings. The van der Waals surface area contributed by atoms with Gasteiger partial charge in [0.25, 0.3) is 0 Å². The van der Waals surface area contributed by atoms with Gasteiger partial charge in [-0.25, -0.2) is 4.79 Å². The predicted molar refractivity (Wildman–Crippen MR) is 93.1 cm³/mol. The second-order valence-electron chi connectivity index (χ2n) is 6.38. The van der Waals surface area contributed by atoms with Crippen LogP contribution >= 0.6 is 0 Å². The molecular formula is C19H33NO3. The van der Waals surface area contributed by atoms with Crippen molar-refractivity contribution in [1.29, 1.82) is 0 Å². The van der Waals surface area contributed by atoms with Gasteiger partial charge in [0.15, 0.2) is 0 Å². The van der Waals surface area contributed by atoms with Gasteiger partial charge in [-0.15, -0.1) is 0 Å². The second-order valence-corrected chi connectivity index (χ2v) is 6.38. The van der Waals surface area contributed by atoms with Gasteiger partial charge in [-0.05, 0) is 19.3 Å². The summed E-state index contributed by atoms with van der Waals surface area (Å²) >= 11 is 0. The summed E-state index contributed by atoms with van der Waals surface area (Å²) in [4.78, 5) is 22.6. The Labute approximate surface area is 141 Å². The summed E-state index contributed by atoms with van der Waals surface area (Å²) in [5, 5.41) is 2.61. The lowest BCUT2D eigenvalue weighted by Gasteiger charge is -2.08. The molecule has 0 spiro atoms. The highest BCUT2D eigenvalue weighted by Gasteiger charge is 2.27. The van der Waals surface area contributed by atoms with Gasteiger partial charge in [0.1, 0.15) is 12.6 Å². The molecule has 1 aliphatic rings. The zero-order chi connectivity index (χ0) is 16.8. The van der Waals surface area contributed by atoms with Crippen molar-refractivity contribution in [2.24, 2.45) is 0 Å². The van der Waals surface area contributed by atoms with Gasteiger partial charge in [-0.3, -0.25) is 4.79 Å². The first-order chi connectivity index (χ1) is 11.2. The molecule has 0 saturated carbocycles. The number of hydrogen-bond acceptors (Lipinski definition) is 3. The minimum Gasteiger partial charge on any atom is -0.460 e. The third kappa shape index (κ3) is 10.1. The molecule has 1 N–H and O–H groups in total. The maximum absolute atomic E-state index is 11.6. The first kappa shape index (κ1) is 19.7. The summed E-state index contributed by atoms with van der Waals surface area (Å²) in [6.45, 7) is 2.56. The molecule has 0 radical (unpaired) electrons. The molecule has 0 aromatic rings. The highest BCUT2D eigenvalue weighted by molar-refractivity contribution is 5.88. The van der Waals surface area contributed by atoms with Crippen LogP contribution < -0.4 is 5.32 Å². The van der Waals surface area contributed by atoms with E-state index in [1.165, 1.54) is 57.8 Å². The third-order valence-corrected chi connectivity index (χ3v) is 4.24. The van der Waals surface area contributed by atoms with E-state index in [-0.39, 0.29) is 11.9 Å². The van der Waals surface area contributed by atoms with Crippen molar-refractivity contribution >= 4 is 11.9 Å². The summed E-state index contributed by atoms with van der Waals surface area (Å²) < 4.78 is 5.13. The van der Waals surface area contributed by atoms with Gasteiger partial charge in [0, 0.05) is 6.42 Å². The number of allylic oxidation sites excluding steroid dienone is 1. The Morgan fingerprint density at radius 3 is 2.35 bits per heavy atom. The average molecular weight is 323 g/mol.